The van der Waals surface area contributed by atoms with E-state index in [9.17, 15) is 4.79 Å². The molecule has 0 aliphatic carbocycles. The van der Waals surface area contributed by atoms with Crippen LogP contribution in [0.25, 0.3) is 22.4 Å². The number of furan rings is 1. The number of carboxylic acids is 1. The average Bonchev–Trinajstić information content (AvgIpc) is 2.95. The number of halogens is 1. The molecule has 5 heteroatoms. The summed E-state index contributed by atoms with van der Waals surface area (Å²) in [6, 6.07) is 10.8. The quantitative estimate of drug-likeness (QED) is 0.755. The van der Waals surface area contributed by atoms with Crippen molar-refractivity contribution in [3.63, 3.8) is 0 Å². The molecule has 2 heterocycles. The summed E-state index contributed by atoms with van der Waals surface area (Å²) in [6.07, 6.45) is 0. The topological polar surface area (TPSA) is 66.2 Å². The normalized spacial score (nSPS) is 10.9. The third-order valence-electron chi connectivity index (χ3n) is 2.69. The number of aromatic nitrogens is 1. The average molecular weight is 306 g/mol. The molecule has 3 rings (SSSR count). The second kappa shape index (κ2) is 4.03. The first-order valence-electron chi connectivity index (χ1n) is 5.26. The van der Waals surface area contributed by atoms with Crippen molar-refractivity contribution < 1.29 is 14.3 Å². The summed E-state index contributed by atoms with van der Waals surface area (Å²) in [6.45, 7) is 0. The zero-order valence-corrected chi connectivity index (χ0v) is 10.7. The summed E-state index contributed by atoms with van der Waals surface area (Å²) in [7, 11) is 0. The second-order valence-corrected chi connectivity index (χ2v) is 4.71. The maximum absolute atomic E-state index is 10.8. The van der Waals surface area contributed by atoms with E-state index in [2.05, 4.69) is 20.9 Å². The Labute approximate surface area is 110 Å². The van der Waals surface area contributed by atoms with E-state index in [1.54, 1.807) is 6.07 Å². The maximum Gasteiger partial charge on any atom is 0.352 e. The monoisotopic (exact) mass is 305 g/mol. The molecular formula is C13H8BrNO3. The van der Waals surface area contributed by atoms with Gasteiger partial charge in [0.2, 0.25) is 0 Å². The van der Waals surface area contributed by atoms with Crippen LogP contribution in [-0.2, 0) is 0 Å². The highest BCUT2D eigenvalue weighted by molar-refractivity contribution is 9.10. The zero-order chi connectivity index (χ0) is 12.7. The van der Waals surface area contributed by atoms with Crippen LogP contribution in [-0.4, -0.2) is 16.1 Å². The molecule has 0 amide bonds. The molecule has 0 spiro atoms. The Morgan fingerprint density at radius 2 is 2.11 bits per heavy atom. The molecule has 90 valence electrons. The Balaban J connectivity index is 2.13. The highest BCUT2D eigenvalue weighted by Gasteiger charge is 2.12. The lowest BCUT2D eigenvalue weighted by molar-refractivity contribution is 0.0691. The Morgan fingerprint density at radius 1 is 1.28 bits per heavy atom. The first-order chi connectivity index (χ1) is 8.65. The van der Waals surface area contributed by atoms with Crippen molar-refractivity contribution in [1.82, 2.24) is 4.98 Å². The zero-order valence-electron chi connectivity index (χ0n) is 9.11. The van der Waals surface area contributed by atoms with Gasteiger partial charge in [-0.1, -0.05) is 22.0 Å². The van der Waals surface area contributed by atoms with Crippen LogP contribution in [0.3, 0.4) is 0 Å². The Kier molecular flexibility index (Phi) is 2.48. The van der Waals surface area contributed by atoms with Crippen LogP contribution in [0, 0.1) is 0 Å². The van der Waals surface area contributed by atoms with Gasteiger partial charge in [0.1, 0.15) is 11.3 Å². The lowest BCUT2D eigenvalue weighted by Gasteiger charge is -1.90. The standard InChI is InChI=1S/C13H8BrNO3/c14-8-2-1-3-11-7(8)6-12(18-11)9-4-5-10(15-9)13(16)17/h1-6,15H,(H,16,17). The molecule has 0 fully saturated rings. The Bertz CT molecular complexity index is 742. The van der Waals surface area contributed by atoms with Crippen molar-refractivity contribution in [2.24, 2.45) is 0 Å². The number of hydrogen-bond acceptors (Lipinski definition) is 2. The van der Waals surface area contributed by atoms with Crippen LogP contribution >= 0.6 is 15.9 Å². The molecule has 0 atom stereocenters. The third kappa shape index (κ3) is 1.73. The number of carboxylic acid groups (broad SMARTS) is 1. The summed E-state index contributed by atoms with van der Waals surface area (Å²) in [5.74, 6) is -0.372. The van der Waals surface area contributed by atoms with Gasteiger partial charge in [-0.15, -0.1) is 0 Å². The largest absolute Gasteiger partial charge is 0.477 e. The minimum absolute atomic E-state index is 0.143. The van der Waals surface area contributed by atoms with Crippen molar-refractivity contribution >= 4 is 32.9 Å². The van der Waals surface area contributed by atoms with Crippen molar-refractivity contribution in [3.8, 4) is 11.5 Å². The molecule has 2 aromatic heterocycles. The molecule has 0 bridgehead atoms. The van der Waals surface area contributed by atoms with Gasteiger partial charge in [0.25, 0.3) is 0 Å². The van der Waals surface area contributed by atoms with E-state index in [1.807, 2.05) is 24.3 Å². The number of aromatic carboxylic acids is 1. The van der Waals surface area contributed by atoms with E-state index in [4.69, 9.17) is 9.52 Å². The first kappa shape index (κ1) is 11.1. The van der Waals surface area contributed by atoms with E-state index >= 15 is 0 Å². The van der Waals surface area contributed by atoms with Gasteiger partial charge in [-0.25, -0.2) is 4.79 Å². The van der Waals surface area contributed by atoms with Crippen LogP contribution in [0.15, 0.2) is 45.3 Å². The first-order valence-corrected chi connectivity index (χ1v) is 6.05. The molecule has 0 aliphatic heterocycles. The summed E-state index contributed by atoms with van der Waals surface area (Å²) in [5.41, 5.74) is 1.55. The predicted octanol–water partition coefficient (Wildman–Crippen LogP) is 3.89. The fourth-order valence-corrected chi connectivity index (χ4v) is 2.28. The van der Waals surface area contributed by atoms with E-state index < -0.39 is 5.97 Å². The van der Waals surface area contributed by atoms with Gasteiger partial charge in [-0.2, -0.15) is 0 Å². The number of aromatic amines is 1. The molecule has 1 aromatic carbocycles. The van der Waals surface area contributed by atoms with Gasteiger partial charge >= 0.3 is 5.97 Å². The smallest absolute Gasteiger partial charge is 0.352 e. The third-order valence-corrected chi connectivity index (χ3v) is 3.38. The van der Waals surface area contributed by atoms with Crippen molar-refractivity contribution in [2.45, 2.75) is 0 Å². The fourth-order valence-electron chi connectivity index (χ4n) is 1.82. The number of hydrogen-bond donors (Lipinski definition) is 2. The number of carbonyl (C=O) groups is 1. The van der Waals surface area contributed by atoms with Crippen LogP contribution < -0.4 is 0 Å². The number of nitrogens with one attached hydrogen (secondary N) is 1. The fraction of sp³-hybridized carbons (Fsp3) is 0. The van der Waals surface area contributed by atoms with E-state index in [-0.39, 0.29) is 5.69 Å². The minimum Gasteiger partial charge on any atom is -0.477 e. The number of benzene rings is 1. The molecule has 2 N–H and O–H groups in total. The van der Waals surface area contributed by atoms with Gasteiger partial charge in [-0.3, -0.25) is 0 Å². The molecule has 3 aromatic rings. The number of H-pyrrole nitrogens is 1. The molecule has 0 aliphatic rings. The second-order valence-electron chi connectivity index (χ2n) is 3.85. The van der Waals surface area contributed by atoms with E-state index in [0.29, 0.717) is 11.5 Å². The van der Waals surface area contributed by atoms with Gasteiger partial charge in [0.05, 0.1) is 5.69 Å². The molecule has 0 radical (unpaired) electrons. The van der Waals surface area contributed by atoms with Crippen LogP contribution in [0.4, 0.5) is 0 Å². The van der Waals surface area contributed by atoms with Crippen LogP contribution in [0.2, 0.25) is 0 Å². The van der Waals surface area contributed by atoms with Gasteiger partial charge in [0, 0.05) is 9.86 Å². The maximum atomic E-state index is 10.8. The van der Waals surface area contributed by atoms with Gasteiger partial charge < -0.3 is 14.5 Å². The summed E-state index contributed by atoms with van der Waals surface area (Å²) >= 11 is 3.45. The lowest BCUT2D eigenvalue weighted by atomic mass is 10.2. The minimum atomic E-state index is -0.987. The van der Waals surface area contributed by atoms with Gasteiger partial charge in [-0.05, 0) is 30.3 Å². The summed E-state index contributed by atoms with van der Waals surface area (Å²) in [4.78, 5) is 13.6. The van der Waals surface area contributed by atoms with Crippen LogP contribution in [0.1, 0.15) is 10.5 Å². The van der Waals surface area contributed by atoms with Gasteiger partial charge in [0.15, 0.2) is 5.76 Å². The Hall–Kier alpha value is -2.01. The molecule has 0 saturated heterocycles. The Morgan fingerprint density at radius 3 is 2.78 bits per heavy atom. The van der Waals surface area contributed by atoms with Crippen LogP contribution in [0.5, 0.6) is 0 Å². The lowest BCUT2D eigenvalue weighted by Crippen LogP contribution is -1.95. The van der Waals surface area contributed by atoms with Crippen molar-refractivity contribution in [3.05, 3.63) is 46.6 Å². The van der Waals surface area contributed by atoms with E-state index in [1.165, 1.54) is 6.07 Å². The van der Waals surface area contributed by atoms with Crippen molar-refractivity contribution in [2.75, 3.05) is 0 Å². The molecular weight excluding hydrogens is 298 g/mol. The highest BCUT2D eigenvalue weighted by Crippen LogP contribution is 2.31. The molecule has 18 heavy (non-hydrogen) atoms. The van der Waals surface area contributed by atoms with Crippen molar-refractivity contribution in [1.29, 1.82) is 0 Å². The number of fused-ring (bicyclic) bond motifs is 1. The molecule has 4 nitrogen and oxygen atoms in total. The van der Waals surface area contributed by atoms with E-state index in [0.717, 1.165) is 15.4 Å². The number of rotatable bonds is 2. The molecule has 0 saturated carbocycles. The molecule has 0 unspecified atom stereocenters. The SMILES string of the molecule is O=C(O)c1ccc(-c2cc3c(Br)cccc3o2)[nH]1. The highest BCUT2D eigenvalue weighted by atomic mass is 79.9. The summed E-state index contributed by atoms with van der Waals surface area (Å²) < 4.78 is 6.62. The summed E-state index contributed by atoms with van der Waals surface area (Å²) in [5, 5.41) is 9.82. The predicted molar refractivity (Wildman–Crippen MR) is 70.7 cm³/mol.